The highest BCUT2D eigenvalue weighted by Crippen LogP contribution is 2.29. The standard InChI is InChI=1S/C14H21NO/c1-11(2)15-14-5-3-4-13(8-14)10-16-9-12-6-7-12/h3-5,8,11-12,15H,6-7,9-10H2,1-2H3. The van der Waals surface area contributed by atoms with Gasteiger partial charge in [0.2, 0.25) is 0 Å². The molecule has 2 nitrogen and oxygen atoms in total. The molecule has 0 bridgehead atoms. The van der Waals surface area contributed by atoms with Gasteiger partial charge in [0.1, 0.15) is 0 Å². The van der Waals surface area contributed by atoms with Crippen LogP contribution in [-0.2, 0) is 11.3 Å². The van der Waals surface area contributed by atoms with Gasteiger partial charge in [-0.15, -0.1) is 0 Å². The van der Waals surface area contributed by atoms with E-state index in [-0.39, 0.29) is 0 Å². The number of benzene rings is 1. The van der Waals surface area contributed by atoms with Gasteiger partial charge in [0, 0.05) is 18.3 Å². The molecule has 16 heavy (non-hydrogen) atoms. The summed E-state index contributed by atoms with van der Waals surface area (Å²) in [4.78, 5) is 0. The fraction of sp³-hybridized carbons (Fsp3) is 0.571. The molecule has 0 aliphatic heterocycles. The largest absolute Gasteiger partial charge is 0.383 e. The van der Waals surface area contributed by atoms with Crippen LogP contribution in [0.2, 0.25) is 0 Å². The maximum Gasteiger partial charge on any atom is 0.0717 e. The molecule has 1 fully saturated rings. The molecular formula is C14H21NO. The van der Waals surface area contributed by atoms with Crippen molar-refractivity contribution in [2.75, 3.05) is 11.9 Å². The van der Waals surface area contributed by atoms with Crippen LogP contribution in [0.25, 0.3) is 0 Å². The normalized spacial score (nSPS) is 15.4. The first kappa shape index (κ1) is 11.5. The van der Waals surface area contributed by atoms with Crippen molar-refractivity contribution in [1.82, 2.24) is 0 Å². The Kier molecular flexibility index (Phi) is 3.83. The molecule has 0 saturated heterocycles. The predicted octanol–water partition coefficient (Wildman–Crippen LogP) is 3.43. The quantitative estimate of drug-likeness (QED) is 0.791. The minimum absolute atomic E-state index is 0.475. The zero-order valence-corrected chi connectivity index (χ0v) is 10.2. The monoisotopic (exact) mass is 219 g/mol. The molecule has 0 atom stereocenters. The van der Waals surface area contributed by atoms with Crippen molar-refractivity contribution >= 4 is 5.69 Å². The smallest absolute Gasteiger partial charge is 0.0717 e. The summed E-state index contributed by atoms with van der Waals surface area (Å²) in [5, 5.41) is 3.40. The van der Waals surface area contributed by atoms with Crippen LogP contribution in [0.1, 0.15) is 32.3 Å². The second-order valence-electron chi connectivity index (χ2n) is 4.96. The van der Waals surface area contributed by atoms with Crippen LogP contribution < -0.4 is 5.32 Å². The lowest BCUT2D eigenvalue weighted by Gasteiger charge is -2.11. The van der Waals surface area contributed by atoms with Gasteiger partial charge >= 0.3 is 0 Å². The van der Waals surface area contributed by atoms with E-state index in [0.717, 1.165) is 19.1 Å². The van der Waals surface area contributed by atoms with Crippen LogP contribution in [-0.4, -0.2) is 12.6 Å². The molecule has 1 N–H and O–H groups in total. The molecule has 1 aromatic carbocycles. The maximum absolute atomic E-state index is 5.68. The van der Waals surface area contributed by atoms with E-state index in [2.05, 4.69) is 43.4 Å². The summed E-state index contributed by atoms with van der Waals surface area (Å²) in [5.74, 6) is 0.844. The van der Waals surface area contributed by atoms with Crippen molar-refractivity contribution in [1.29, 1.82) is 0 Å². The molecule has 0 unspecified atom stereocenters. The first-order valence-corrected chi connectivity index (χ1v) is 6.17. The molecule has 0 aromatic heterocycles. The summed E-state index contributed by atoms with van der Waals surface area (Å²) < 4.78 is 5.68. The molecule has 0 spiro atoms. The van der Waals surface area contributed by atoms with Crippen molar-refractivity contribution in [2.24, 2.45) is 5.92 Å². The Balaban J connectivity index is 1.82. The number of ether oxygens (including phenoxy) is 1. The third kappa shape index (κ3) is 3.86. The summed E-state index contributed by atoms with van der Waals surface area (Å²) in [6.45, 7) is 5.97. The van der Waals surface area contributed by atoms with Crippen LogP contribution in [0.5, 0.6) is 0 Å². The Hall–Kier alpha value is -1.02. The number of nitrogens with one attached hydrogen (secondary N) is 1. The minimum atomic E-state index is 0.475. The molecule has 1 saturated carbocycles. The van der Waals surface area contributed by atoms with Crippen LogP contribution in [0, 0.1) is 5.92 Å². The van der Waals surface area contributed by atoms with Crippen LogP contribution in [0.15, 0.2) is 24.3 Å². The summed E-state index contributed by atoms with van der Waals surface area (Å²) in [5.41, 5.74) is 2.44. The topological polar surface area (TPSA) is 21.3 Å². The van der Waals surface area contributed by atoms with Crippen molar-refractivity contribution in [3.05, 3.63) is 29.8 Å². The maximum atomic E-state index is 5.68. The second kappa shape index (κ2) is 5.35. The molecule has 1 aromatic rings. The van der Waals surface area contributed by atoms with E-state index in [1.54, 1.807) is 0 Å². The third-order valence-corrected chi connectivity index (χ3v) is 2.70. The molecule has 0 radical (unpaired) electrons. The van der Waals surface area contributed by atoms with E-state index in [4.69, 9.17) is 4.74 Å². The SMILES string of the molecule is CC(C)Nc1cccc(COCC2CC2)c1. The Bertz CT molecular complexity index is 331. The first-order chi connectivity index (χ1) is 7.74. The van der Waals surface area contributed by atoms with Crippen LogP contribution in [0.3, 0.4) is 0 Å². The number of hydrogen-bond donors (Lipinski definition) is 1. The fourth-order valence-electron chi connectivity index (χ4n) is 1.71. The van der Waals surface area contributed by atoms with E-state index < -0.39 is 0 Å². The Morgan fingerprint density at radius 1 is 1.38 bits per heavy atom. The summed E-state index contributed by atoms with van der Waals surface area (Å²) in [6, 6.07) is 8.96. The van der Waals surface area contributed by atoms with Gasteiger partial charge in [0.25, 0.3) is 0 Å². The van der Waals surface area contributed by atoms with Gasteiger partial charge in [-0.05, 0) is 50.3 Å². The van der Waals surface area contributed by atoms with E-state index in [1.807, 2.05) is 0 Å². The van der Waals surface area contributed by atoms with Crippen LogP contribution >= 0.6 is 0 Å². The average molecular weight is 219 g/mol. The van der Waals surface area contributed by atoms with Gasteiger partial charge in [-0.3, -0.25) is 0 Å². The van der Waals surface area contributed by atoms with Crippen LogP contribution in [0.4, 0.5) is 5.69 Å². The molecule has 1 aliphatic rings. The fourth-order valence-corrected chi connectivity index (χ4v) is 1.71. The first-order valence-electron chi connectivity index (χ1n) is 6.17. The lowest BCUT2D eigenvalue weighted by molar-refractivity contribution is 0.111. The highest BCUT2D eigenvalue weighted by atomic mass is 16.5. The second-order valence-corrected chi connectivity index (χ2v) is 4.96. The van der Waals surface area contributed by atoms with Gasteiger partial charge in [0.05, 0.1) is 6.61 Å². The third-order valence-electron chi connectivity index (χ3n) is 2.70. The number of hydrogen-bond acceptors (Lipinski definition) is 2. The lowest BCUT2D eigenvalue weighted by atomic mass is 10.2. The zero-order chi connectivity index (χ0) is 11.4. The van der Waals surface area contributed by atoms with Crippen molar-refractivity contribution < 1.29 is 4.74 Å². The van der Waals surface area contributed by atoms with Crippen molar-refractivity contribution in [3.63, 3.8) is 0 Å². The van der Waals surface area contributed by atoms with Gasteiger partial charge < -0.3 is 10.1 Å². The molecule has 2 rings (SSSR count). The van der Waals surface area contributed by atoms with Crippen molar-refractivity contribution in [3.8, 4) is 0 Å². The predicted molar refractivity (Wildman–Crippen MR) is 67.6 cm³/mol. The summed E-state index contributed by atoms with van der Waals surface area (Å²) in [7, 11) is 0. The summed E-state index contributed by atoms with van der Waals surface area (Å²) >= 11 is 0. The number of anilines is 1. The lowest BCUT2D eigenvalue weighted by Crippen LogP contribution is -2.09. The van der Waals surface area contributed by atoms with Gasteiger partial charge in [-0.2, -0.15) is 0 Å². The van der Waals surface area contributed by atoms with Gasteiger partial charge in [-0.25, -0.2) is 0 Å². The van der Waals surface area contributed by atoms with E-state index in [9.17, 15) is 0 Å². The Labute approximate surface area is 98.0 Å². The molecule has 0 amide bonds. The molecule has 0 heterocycles. The highest BCUT2D eigenvalue weighted by molar-refractivity contribution is 5.46. The van der Waals surface area contributed by atoms with Gasteiger partial charge in [-0.1, -0.05) is 12.1 Å². The minimum Gasteiger partial charge on any atom is -0.383 e. The van der Waals surface area contributed by atoms with E-state index in [1.165, 1.54) is 24.1 Å². The molecule has 1 aliphatic carbocycles. The van der Waals surface area contributed by atoms with E-state index in [0.29, 0.717) is 6.04 Å². The molecule has 2 heteroatoms. The van der Waals surface area contributed by atoms with Gasteiger partial charge in [0.15, 0.2) is 0 Å². The highest BCUT2D eigenvalue weighted by Gasteiger charge is 2.20. The number of rotatable bonds is 6. The molecular weight excluding hydrogens is 198 g/mol. The Morgan fingerprint density at radius 3 is 2.88 bits per heavy atom. The summed E-state index contributed by atoms with van der Waals surface area (Å²) in [6.07, 6.45) is 2.71. The zero-order valence-electron chi connectivity index (χ0n) is 10.2. The van der Waals surface area contributed by atoms with E-state index >= 15 is 0 Å². The Morgan fingerprint density at radius 2 is 2.19 bits per heavy atom. The molecule has 88 valence electrons. The van der Waals surface area contributed by atoms with Crippen molar-refractivity contribution in [2.45, 2.75) is 39.3 Å². The average Bonchev–Trinajstić information content (AvgIpc) is 3.01.